The van der Waals surface area contributed by atoms with Gasteiger partial charge in [-0.05, 0) is 0 Å². The van der Waals surface area contributed by atoms with Gasteiger partial charge in [-0.15, -0.1) is 0 Å². The van der Waals surface area contributed by atoms with Crippen LogP contribution in [0.4, 0.5) is 4.79 Å². The zero-order chi connectivity index (χ0) is 8.27. The van der Waals surface area contributed by atoms with Gasteiger partial charge in [0.15, 0.2) is 0 Å². The molecule has 0 aliphatic carbocycles. The summed E-state index contributed by atoms with van der Waals surface area (Å²) in [6, 6.07) is -0.716. The third kappa shape index (κ3) is 2.28. The Kier molecular flexibility index (Phi) is 2.55. The fourth-order valence-corrected chi connectivity index (χ4v) is 0.920. The highest BCUT2D eigenvalue weighted by molar-refractivity contribution is 7.77. The Hall–Kier alpha value is -0.950. The van der Waals surface area contributed by atoms with Gasteiger partial charge in [0.2, 0.25) is 0 Å². The van der Waals surface area contributed by atoms with Crippen LogP contribution in [0, 0.1) is 0 Å². The Morgan fingerprint density at radius 2 is 2.55 bits per heavy atom. The molecule has 6 nitrogen and oxygen atoms in total. The van der Waals surface area contributed by atoms with Crippen molar-refractivity contribution in [3.63, 3.8) is 0 Å². The van der Waals surface area contributed by atoms with Gasteiger partial charge in [0.25, 0.3) is 0 Å². The molecule has 0 aromatic heterocycles. The molecule has 62 valence electrons. The lowest BCUT2D eigenvalue weighted by atomic mass is 10.5. The number of carbonyl (C=O) groups is 1. The van der Waals surface area contributed by atoms with Gasteiger partial charge in [-0.1, -0.05) is 0 Å². The van der Waals surface area contributed by atoms with Gasteiger partial charge in [-0.25, -0.2) is 9.80 Å². The van der Waals surface area contributed by atoms with E-state index in [1.54, 1.807) is 10.9 Å². The molecule has 1 atom stereocenters. The average Bonchev–Trinajstić information content (AvgIpc) is 2.35. The SMILES string of the molecule is O=C(NS(=O)[O-])N1CCC=N1. The predicted molar refractivity (Wildman–Crippen MR) is 37.3 cm³/mol. The molecule has 0 spiro atoms. The van der Waals surface area contributed by atoms with Crippen molar-refractivity contribution in [1.29, 1.82) is 0 Å². The molecule has 0 aromatic carbocycles. The van der Waals surface area contributed by atoms with Gasteiger partial charge < -0.3 is 4.55 Å². The lowest BCUT2D eigenvalue weighted by Gasteiger charge is -2.13. The van der Waals surface area contributed by atoms with Gasteiger partial charge in [0, 0.05) is 23.9 Å². The standard InChI is InChI=1S/C4H7N3O3S/c8-4(6-11(9)10)7-3-1-2-5-7/h2H,1,3H2,(H,6,8)(H,9,10)/p-1. The van der Waals surface area contributed by atoms with Crippen LogP contribution in [0.5, 0.6) is 0 Å². The molecular weight excluding hydrogens is 170 g/mol. The highest BCUT2D eigenvalue weighted by atomic mass is 32.2. The number of hydrogen-bond acceptors (Lipinski definition) is 4. The molecule has 0 fully saturated rings. The highest BCUT2D eigenvalue weighted by Gasteiger charge is 2.13. The Bertz CT molecular complexity index is 217. The lowest BCUT2D eigenvalue weighted by Crippen LogP contribution is -2.36. The first-order valence-corrected chi connectivity index (χ1v) is 3.97. The third-order valence-electron chi connectivity index (χ3n) is 1.10. The second kappa shape index (κ2) is 3.44. The van der Waals surface area contributed by atoms with E-state index in [9.17, 15) is 13.6 Å². The molecule has 1 rings (SSSR count). The second-order valence-corrected chi connectivity index (χ2v) is 2.53. The summed E-state index contributed by atoms with van der Waals surface area (Å²) in [7, 11) is 0. The summed E-state index contributed by atoms with van der Waals surface area (Å²) in [5, 5.41) is 4.66. The minimum absolute atomic E-state index is 0.434. The normalized spacial score (nSPS) is 18.5. The minimum atomic E-state index is -2.56. The summed E-state index contributed by atoms with van der Waals surface area (Å²) >= 11 is -2.56. The van der Waals surface area contributed by atoms with Crippen molar-refractivity contribution in [1.82, 2.24) is 9.73 Å². The van der Waals surface area contributed by atoms with Crippen molar-refractivity contribution in [3.05, 3.63) is 0 Å². The predicted octanol–water partition coefficient (Wildman–Crippen LogP) is -0.818. The molecule has 0 radical (unpaired) electrons. The maximum Gasteiger partial charge on any atom is 0.348 e. The highest BCUT2D eigenvalue weighted by Crippen LogP contribution is 1.98. The molecule has 1 aliphatic rings. The topological polar surface area (TPSA) is 84.8 Å². The van der Waals surface area contributed by atoms with Gasteiger partial charge in [0.05, 0.1) is 6.54 Å². The Morgan fingerprint density at radius 1 is 1.82 bits per heavy atom. The van der Waals surface area contributed by atoms with E-state index in [2.05, 4.69) is 5.10 Å². The van der Waals surface area contributed by atoms with Crippen molar-refractivity contribution < 1.29 is 13.6 Å². The van der Waals surface area contributed by atoms with E-state index in [0.717, 1.165) is 5.01 Å². The first kappa shape index (κ1) is 8.15. The number of hydrogen-bond donors (Lipinski definition) is 1. The van der Waals surface area contributed by atoms with Crippen molar-refractivity contribution in [3.8, 4) is 0 Å². The molecule has 0 saturated heterocycles. The van der Waals surface area contributed by atoms with E-state index in [4.69, 9.17) is 0 Å². The van der Waals surface area contributed by atoms with Crippen molar-refractivity contribution >= 4 is 23.5 Å². The molecule has 0 aromatic rings. The first-order valence-electron chi connectivity index (χ1n) is 2.90. The Labute approximate surface area is 65.7 Å². The fourth-order valence-electron chi connectivity index (χ4n) is 0.672. The number of rotatable bonds is 1. The van der Waals surface area contributed by atoms with Gasteiger partial charge in [-0.2, -0.15) is 5.10 Å². The molecule has 0 bridgehead atoms. The molecule has 1 N–H and O–H groups in total. The van der Waals surface area contributed by atoms with Crippen molar-refractivity contribution in [2.24, 2.45) is 5.10 Å². The number of nitrogens with one attached hydrogen (secondary N) is 1. The molecule has 1 aliphatic heterocycles. The van der Waals surface area contributed by atoms with Gasteiger partial charge in [0.1, 0.15) is 0 Å². The van der Waals surface area contributed by atoms with Crippen LogP contribution in [-0.2, 0) is 11.3 Å². The van der Waals surface area contributed by atoms with Crippen LogP contribution in [0.2, 0.25) is 0 Å². The maximum atomic E-state index is 10.8. The Balaban J connectivity index is 2.41. The lowest BCUT2D eigenvalue weighted by molar-refractivity contribution is 0.211. The summed E-state index contributed by atoms with van der Waals surface area (Å²) in [4.78, 5) is 10.8. The molecule has 7 heteroatoms. The molecule has 2 amide bonds. The molecule has 1 unspecified atom stereocenters. The summed E-state index contributed by atoms with van der Waals surface area (Å²) in [6.07, 6.45) is 2.21. The van der Waals surface area contributed by atoms with Crippen LogP contribution in [0.1, 0.15) is 6.42 Å². The Morgan fingerprint density at radius 3 is 3.00 bits per heavy atom. The average molecular weight is 176 g/mol. The molecule has 11 heavy (non-hydrogen) atoms. The summed E-state index contributed by atoms with van der Waals surface area (Å²) in [5.41, 5.74) is 0. The largest absolute Gasteiger partial charge is 0.755 e. The molecule has 0 saturated carbocycles. The summed E-state index contributed by atoms with van der Waals surface area (Å²) in [5.74, 6) is 0. The van der Waals surface area contributed by atoms with Crippen LogP contribution in [0.25, 0.3) is 0 Å². The summed E-state index contributed by atoms with van der Waals surface area (Å²) in [6.45, 7) is 0.434. The zero-order valence-electron chi connectivity index (χ0n) is 5.52. The number of amides is 2. The van der Waals surface area contributed by atoms with Crippen LogP contribution in [-0.4, -0.2) is 32.6 Å². The van der Waals surface area contributed by atoms with E-state index >= 15 is 0 Å². The third-order valence-corrected chi connectivity index (χ3v) is 1.44. The molecular formula is C4H6N3O3S-. The number of carbonyl (C=O) groups excluding carboxylic acids is 1. The van der Waals surface area contributed by atoms with Crippen LogP contribution < -0.4 is 4.72 Å². The van der Waals surface area contributed by atoms with E-state index in [0.29, 0.717) is 13.0 Å². The first-order chi connectivity index (χ1) is 5.20. The monoisotopic (exact) mass is 176 g/mol. The minimum Gasteiger partial charge on any atom is -0.755 e. The number of hydrazone groups is 1. The van der Waals surface area contributed by atoms with E-state index < -0.39 is 17.3 Å². The second-order valence-electron chi connectivity index (χ2n) is 1.85. The van der Waals surface area contributed by atoms with Crippen LogP contribution >= 0.6 is 0 Å². The quantitative estimate of drug-likeness (QED) is 0.530. The van der Waals surface area contributed by atoms with Crippen molar-refractivity contribution in [2.75, 3.05) is 6.54 Å². The number of urea groups is 1. The van der Waals surface area contributed by atoms with Crippen LogP contribution in [0.15, 0.2) is 5.10 Å². The zero-order valence-corrected chi connectivity index (χ0v) is 6.34. The fraction of sp³-hybridized carbons (Fsp3) is 0.500. The van der Waals surface area contributed by atoms with E-state index in [1.165, 1.54) is 0 Å². The van der Waals surface area contributed by atoms with E-state index in [-0.39, 0.29) is 0 Å². The molecule has 1 heterocycles. The number of nitrogens with zero attached hydrogens (tertiary/aromatic N) is 2. The van der Waals surface area contributed by atoms with Gasteiger partial charge >= 0.3 is 6.03 Å². The summed E-state index contributed by atoms with van der Waals surface area (Å²) < 4.78 is 21.6. The van der Waals surface area contributed by atoms with Crippen LogP contribution in [0.3, 0.4) is 0 Å². The van der Waals surface area contributed by atoms with Crippen molar-refractivity contribution in [2.45, 2.75) is 6.42 Å². The van der Waals surface area contributed by atoms with E-state index in [1.807, 2.05) is 0 Å². The smallest absolute Gasteiger partial charge is 0.348 e. The maximum absolute atomic E-state index is 10.8. The van der Waals surface area contributed by atoms with Gasteiger partial charge in [-0.3, -0.25) is 8.93 Å².